The van der Waals surface area contributed by atoms with Gasteiger partial charge in [-0.15, -0.1) is 0 Å². The van der Waals surface area contributed by atoms with Gasteiger partial charge in [-0.25, -0.2) is 9.78 Å². The summed E-state index contributed by atoms with van der Waals surface area (Å²) < 4.78 is 13.2. The van der Waals surface area contributed by atoms with Crippen LogP contribution in [-0.2, 0) is 19.6 Å². The van der Waals surface area contributed by atoms with Gasteiger partial charge >= 0.3 is 6.03 Å². The molecule has 32 heavy (non-hydrogen) atoms. The second-order valence-electron chi connectivity index (χ2n) is 7.69. The molecule has 2 N–H and O–H groups in total. The van der Waals surface area contributed by atoms with Crippen LogP contribution < -0.4 is 20.1 Å². The van der Waals surface area contributed by atoms with Gasteiger partial charge < -0.3 is 24.7 Å². The van der Waals surface area contributed by atoms with Gasteiger partial charge in [-0.05, 0) is 41.0 Å². The summed E-state index contributed by atoms with van der Waals surface area (Å²) in [5, 5.41) is 5.78. The van der Waals surface area contributed by atoms with Crippen molar-refractivity contribution in [3.05, 3.63) is 89.7 Å². The second-order valence-corrected chi connectivity index (χ2v) is 7.69. The number of benzene rings is 3. The van der Waals surface area contributed by atoms with E-state index in [9.17, 15) is 4.79 Å². The molecule has 0 saturated heterocycles. The lowest BCUT2D eigenvalue weighted by Crippen LogP contribution is -2.34. The number of fused-ring (bicyclic) bond motifs is 2. The number of hydrogen-bond acceptors (Lipinski definition) is 4. The molecule has 0 atom stereocenters. The van der Waals surface area contributed by atoms with E-state index in [4.69, 9.17) is 9.47 Å². The Morgan fingerprint density at radius 1 is 0.844 bits per heavy atom. The Hall–Kier alpha value is -4.00. The van der Waals surface area contributed by atoms with E-state index >= 15 is 0 Å². The highest BCUT2D eigenvalue weighted by Crippen LogP contribution is 2.30. The van der Waals surface area contributed by atoms with E-state index in [-0.39, 0.29) is 6.03 Å². The second kappa shape index (κ2) is 9.01. The van der Waals surface area contributed by atoms with E-state index in [1.54, 1.807) is 0 Å². The number of nitrogens with zero attached hydrogens (tertiary/aromatic N) is 2. The number of nitrogens with one attached hydrogen (secondary N) is 2. The zero-order valence-electron chi connectivity index (χ0n) is 17.6. The molecule has 162 valence electrons. The third-order valence-electron chi connectivity index (χ3n) is 5.42. The Morgan fingerprint density at radius 2 is 1.53 bits per heavy atom. The summed E-state index contributed by atoms with van der Waals surface area (Å²) in [7, 11) is 0. The first kappa shape index (κ1) is 19.9. The fraction of sp³-hybridized carbons (Fsp3) is 0.200. The fourth-order valence-corrected chi connectivity index (χ4v) is 3.72. The summed E-state index contributed by atoms with van der Waals surface area (Å²) in [6, 6.07) is 21.8. The number of aromatic nitrogens is 2. The molecule has 0 unspecified atom stereocenters. The summed E-state index contributed by atoms with van der Waals surface area (Å²) in [4.78, 5) is 16.6. The van der Waals surface area contributed by atoms with Crippen molar-refractivity contribution < 1.29 is 14.3 Å². The zero-order chi connectivity index (χ0) is 21.8. The quantitative estimate of drug-likeness (QED) is 0.489. The Balaban J connectivity index is 1.11. The molecule has 0 aliphatic carbocycles. The molecule has 0 saturated carbocycles. The number of amides is 2. The van der Waals surface area contributed by atoms with Crippen molar-refractivity contribution in [1.29, 1.82) is 0 Å². The highest BCUT2D eigenvalue weighted by atomic mass is 16.6. The van der Waals surface area contributed by atoms with Crippen LogP contribution >= 0.6 is 0 Å². The summed E-state index contributed by atoms with van der Waals surface area (Å²) in [5.41, 5.74) is 5.29. The van der Waals surface area contributed by atoms with Crippen molar-refractivity contribution in [1.82, 2.24) is 20.2 Å². The van der Waals surface area contributed by atoms with Crippen LogP contribution in [0.4, 0.5) is 4.79 Å². The Kier molecular flexibility index (Phi) is 5.61. The first-order chi connectivity index (χ1) is 15.7. The van der Waals surface area contributed by atoms with Crippen LogP contribution in [0.2, 0.25) is 0 Å². The number of para-hydroxylation sites is 2. The molecular weight excluding hydrogens is 404 g/mol. The first-order valence-electron chi connectivity index (χ1n) is 10.6. The molecule has 0 fully saturated rings. The van der Waals surface area contributed by atoms with Crippen LogP contribution in [0.15, 0.2) is 73.1 Å². The van der Waals surface area contributed by atoms with Gasteiger partial charge in [0.25, 0.3) is 0 Å². The van der Waals surface area contributed by atoms with Crippen LogP contribution in [0.1, 0.15) is 16.7 Å². The minimum absolute atomic E-state index is 0.214. The Labute approximate surface area is 186 Å². The molecule has 2 amide bonds. The molecule has 7 heteroatoms. The highest BCUT2D eigenvalue weighted by Gasteiger charge is 2.12. The molecule has 0 radical (unpaired) electrons. The number of rotatable bonds is 6. The molecule has 0 spiro atoms. The molecule has 4 aromatic rings. The van der Waals surface area contributed by atoms with Crippen molar-refractivity contribution in [2.24, 2.45) is 0 Å². The zero-order valence-corrected chi connectivity index (χ0v) is 17.6. The molecule has 5 rings (SSSR count). The number of imidazole rings is 1. The minimum Gasteiger partial charge on any atom is -0.486 e. The van der Waals surface area contributed by atoms with Crippen molar-refractivity contribution >= 4 is 17.1 Å². The van der Waals surface area contributed by atoms with Gasteiger partial charge in [0.05, 0.1) is 17.4 Å². The third kappa shape index (κ3) is 4.51. The van der Waals surface area contributed by atoms with Crippen molar-refractivity contribution in [2.45, 2.75) is 19.6 Å². The molecule has 1 aliphatic heterocycles. The van der Waals surface area contributed by atoms with Crippen molar-refractivity contribution in [2.75, 3.05) is 13.2 Å². The average Bonchev–Trinajstić information content (AvgIpc) is 3.25. The molecule has 1 aliphatic rings. The minimum atomic E-state index is -0.214. The van der Waals surface area contributed by atoms with E-state index in [0.29, 0.717) is 26.3 Å². The lowest BCUT2D eigenvalue weighted by molar-refractivity contribution is 0.171. The van der Waals surface area contributed by atoms with Crippen LogP contribution in [0.3, 0.4) is 0 Å². The number of carbonyl (C=O) groups excluding carboxylic acids is 1. The topological polar surface area (TPSA) is 77.4 Å². The predicted molar refractivity (Wildman–Crippen MR) is 122 cm³/mol. The molecule has 3 aromatic carbocycles. The monoisotopic (exact) mass is 428 g/mol. The van der Waals surface area contributed by atoms with Gasteiger partial charge in [-0.2, -0.15) is 0 Å². The van der Waals surface area contributed by atoms with Gasteiger partial charge in [0.15, 0.2) is 11.5 Å². The van der Waals surface area contributed by atoms with Gasteiger partial charge in [0.1, 0.15) is 13.2 Å². The molecule has 0 bridgehead atoms. The standard InChI is InChI=1S/C25H24N4O3/c30-25(27-15-20-9-10-23-24(13-20)32-12-11-31-23)26-14-18-5-7-19(8-6-18)16-29-17-28-21-3-1-2-4-22(21)29/h1-10,13,17H,11-12,14-16H2,(H2,26,27,30). The summed E-state index contributed by atoms with van der Waals surface area (Å²) in [5.74, 6) is 1.47. The largest absolute Gasteiger partial charge is 0.486 e. The van der Waals surface area contributed by atoms with Gasteiger partial charge in [0, 0.05) is 19.6 Å². The smallest absolute Gasteiger partial charge is 0.315 e. The normalized spacial score (nSPS) is 12.5. The van der Waals surface area contributed by atoms with E-state index in [1.807, 2.05) is 54.9 Å². The lowest BCUT2D eigenvalue weighted by Gasteiger charge is -2.19. The maximum Gasteiger partial charge on any atom is 0.315 e. The first-order valence-corrected chi connectivity index (χ1v) is 10.6. The molecule has 1 aromatic heterocycles. The number of carbonyl (C=O) groups is 1. The molecule has 7 nitrogen and oxygen atoms in total. The van der Waals surface area contributed by atoms with Gasteiger partial charge in [-0.3, -0.25) is 0 Å². The van der Waals surface area contributed by atoms with Crippen molar-refractivity contribution in [3.63, 3.8) is 0 Å². The van der Waals surface area contributed by atoms with E-state index in [2.05, 4.69) is 38.4 Å². The predicted octanol–water partition coefficient (Wildman–Crippen LogP) is 3.86. The SMILES string of the molecule is O=C(NCc1ccc(Cn2cnc3ccccc32)cc1)NCc1ccc2c(c1)OCCO2. The Bertz CT molecular complexity index is 1230. The summed E-state index contributed by atoms with van der Waals surface area (Å²) in [6.07, 6.45) is 1.87. The van der Waals surface area contributed by atoms with Crippen LogP contribution in [0.5, 0.6) is 11.5 Å². The maximum absolute atomic E-state index is 12.2. The molecule has 2 heterocycles. The van der Waals surface area contributed by atoms with E-state index in [0.717, 1.165) is 40.2 Å². The Morgan fingerprint density at radius 3 is 2.38 bits per heavy atom. The van der Waals surface area contributed by atoms with Crippen molar-refractivity contribution in [3.8, 4) is 11.5 Å². The maximum atomic E-state index is 12.2. The molecular formula is C25H24N4O3. The average molecular weight is 428 g/mol. The third-order valence-corrected chi connectivity index (χ3v) is 5.42. The van der Waals surface area contributed by atoms with Gasteiger partial charge in [-0.1, -0.05) is 42.5 Å². The highest BCUT2D eigenvalue weighted by molar-refractivity contribution is 5.75. The number of urea groups is 1. The van der Waals surface area contributed by atoms with E-state index < -0.39 is 0 Å². The van der Waals surface area contributed by atoms with Crippen LogP contribution in [0.25, 0.3) is 11.0 Å². The fourth-order valence-electron chi connectivity index (χ4n) is 3.72. The van der Waals surface area contributed by atoms with Crippen LogP contribution in [0, 0.1) is 0 Å². The number of ether oxygens (including phenoxy) is 2. The summed E-state index contributed by atoms with van der Waals surface area (Å²) in [6.45, 7) is 2.74. The van der Waals surface area contributed by atoms with Crippen LogP contribution in [-0.4, -0.2) is 28.8 Å². The summed E-state index contributed by atoms with van der Waals surface area (Å²) >= 11 is 0. The van der Waals surface area contributed by atoms with Gasteiger partial charge in [0.2, 0.25) is 0 Å². The number of hydrogen-bond donors (Lipinski definition) is 2. The van der Waals surface area contributed by atoms with E-state index in [1.165, 1.54) is 5.56 Å². The lowest BCUT2D eigenvalue weighted by atomic mass is 10.1.